The zero-order chi connectivity index (χ0) is 23.4. The smallest absolute Gasteiger partial charge is 0.213 e. The standard InChI is InChI=1S/C27H32N4O2.2ClH/c1-5-31(18(3)4)13-14-33-23-11-9-19-15-21(8-7-20(19)16-23)26-24-17-22(27(28)32-6-2)10-12-25(24)29-30-26;;/h7-12,15-18,28H,5-6,13-14H2,1-4H3,(H,29,30);2*1H. The van der Waals surface area contributed by atoms with E-state index in [2.05, 4.69) is 66.2 Å². The van der Waals surface area contributed by atoms with Crippen molar-refractivity contribution in [1.29, 1.82) is 5.41 Å². The molecular formula is C27H34Cl2N4O2. The fourth-order valence-electron chi connectivity index (χ4n) is 4.13. The normalized spacial score (nSPS) is 10.9. The first-order valence-electron chi connectivity index (χ1n) is 11.6. The lowest BCUT2D eigenvalue weighted by Crippen LogP contribution is -2.34. The highest BCUT2D eigenvalue weighted by Crippen LogP contribution is 2.31. The van der Waals surface area contributed by atoms with Gasteiger partial charge in [0.1, 0.15) is 12.4 Å². The van der Waals surface area contributed by atoms with Crippen LogP contribution in [0.5, 0.6) is 5.75 Å². The third-order valence-electron chi connectivity index (χ3n) is 5.98. The predicted octanol–water partition coefficient (Wildman–Crippen LogP) is 6.70. The minimum absolute atomic E-state index is 0. The number of fused-ring (bicyclic) bond motifs is 2. The van der Waals surface area contributed by atoms with Gasteiger partial charge in [-0.25, -0.2) is 0 Å². The van der Waals surface area contributed by atoms with Crippen molar-refractivity contribution in [3.05, 3.63) is 60.2 Å². The Kier molecular flexibility index (Phi) is 10.4. The summed E-state index contributed by atoms with van der Waals surface area (Å²) in [5, 5.41) is 19.0. The Balaban J connectivity index is 0.00000216. The van der Waals surface area contributed by atoms with Crippen molar-refractivity contribution in [2.24, 2.45) is 0 Å². The first kappa shape index (κ1) is 28.4. The monoisotopic (exact) mass is 516 g/mol. The molecule has 0 saturated heterocycles. The van der Waals surface area contributed by atoms with Gasteiger partial charge in [0.05, 0.1) is 17.8 Å². The van der Waals surface area contributed by atoms with E-state index in [9.17, 15) is 0 Å². The topological polar surface area (TPSA) is 74.2 Å². The van der Waals surface area contributed by atoms with Crippen molar-refractivity contribution in [3.63, 3.8) is 0 Å². The molecule has 0 aliphatic heterocycles. The number of ether oxygens (including phenoxy) is 2. The molecule has 35 heavy (non-hydrogen) atoms. The average molecular weight is 518 g/mol. The molecule has 0 amide bonds. The molecule has 188 valence electrons. The van der Waals surface area contributed by atoms with Crippen molar-refractivity contribution in [3.8, 4) is 17.0 Å². The molecule has 1 aromatic heterocycles. The number of halogens is 2. The Morgan fingerprint density at radius 2 is 1.74 bits per heavy atom. The molecule has 6 nitrogen and oxygen atoms in total. The summed E-state index contributed by atoms with van der Waals surface area (Å²) in [7, 11) is 0. The maximum atomic E-state index is 8.10. The molecule has 3 aromatic carbocycles. The number of nitrogens with one attached hydrogen (secondary N) is 2. The molecule has 2 N–H and O–H groups in total. The molecular weight excluding hydrogens is 483 g/mol. The largest absolute Gasteiger partial charge is 0.492 e. The number of benzene rings is 3. The van der Waals surface area contributed by atoms with Crippen LogP contribution in [0.15, 0.2) is 54.6 Å². The molecule has 4 rings (SSSR count). The van der Waals surface area contributed by atoms with Crippen LogP contribution in [0.3, 0.4) is 0 Å². The van der Waals surface area contributed by atoms with Gasteiger partial charge in [-0.3, -0.25) is 15.4 Å². The van der Waals surface area contributed by atoms with Crippen LogP contribution in [-0.4, -0.2) is 53.3 Å². The van der Waals surface area contributed by atoms with Crippen LogP contribution in [0.4, 0.5) is 0 Å². The maximum absolute atomic E-state index is 8.10. The van der Waals surface area contributed by atoms with Crippen molar-refractivity contribution in [1.82, 2.24) is 15.1 Å². The number of rotatable bonds is 9. The number of aromatic nitrogens is 2. The first-order chi connectivity index (χ1) is 16.0. The van der Waals surface area contributed by atoms with Gasteiger partial charge in [0.2, 0.25) is 5.90 Å². The highest BCUT2D eigenvalue weighted by molar-refractivity contribution is 6.01. The molecule has 0 bridgehead atoms. The SMILES string of the molecule is CCOC(=N)c1ccc2[nH]nc(-c3ccc4cc(OCCN(CC)C(C)C)ccc4c3)c2c1.Cl.Cl. The summed E-state index contributed by atoms with van der Waals surface area (Å²) in [5.41, 5.74) is 3.57. The van der Waals surface area contributed by atoms with Crippen molar-refractivity contribution in [2.75, 3.05) is 26.3 Å². The third-order valence-corrected chi connectivity index (χ3v) is 5.98. The minimum Gasteiger partial charge on any atom is -0.492 e. The van der Waals surface area contributed by atoms with E-state index in [1.165, 1.54) is 0 Å². The zero-order valence-corrected chi connectivity index (χ0v) is 22.3. The predicted molar refractivity (Wildman–Crippen MR) is 150 cm³/mol. The molecule has 1 heterocycles. The summed E-state index contributed by atoms with van der Waals surface area (Å²) >= 11 is 0. The van der Waals surface area contributed by atoms with Gasteiger partial charge >= 0.3 is 0 Å². The Bertz CT molecular complexity index is 1270. The number of aromatic amines is 1. The highest BCUT2D eigenvalue weighted by atomic mass is 35.5. The van der Waals surface area contributed by atoms with Crippen LogP contribution >= 0.6 is 24.8 Å². The van der Waals surface area contributed by atoms with E-state index in [-0.39, 0.29) is 30.7 Å². The molecule has 0 saturated carbocycles. The van der Waals surface area contributed by atoms with Crippen molar-refractivity contribution < 1.29 is 9.47 Å². The van der Waals surface area contributed by atoms with Gasteiger partial charge in [-0.2, -0.15) is 5.10 Å². The third kappa shape index (κ3) is 6.45. The van der Waals surface area contributed by atoms with E-state index in [0.717, 1.165) is 57.3 Å². The Hall–Kier alpha value is -2.80. The summed E-state index contributed by atoms with van der Waals surface area (Å²) in [6.07, 6.45) is 0. The molecule has 4 aromatic rings. The highest BCUT2D eigenvalue weighted by Gasteiger charge is 2.12. The number of hydrogen-bond acceptors (Lipinski definition) is 5. The fraction of sp³-hybridized carbons (Fsp3) is 0.333. The second-order valence-corrected chi connectivity index (χ2v) is 8.39. The quantitative estimate of drug-likeness (QED) is 0.191. The number of likely N-dealkylation sites (N-methyl/N-ethyl adjacent to an activating group) is 1. The zero-order valence-electron chi connectivity index (χ0n) is 20.6. The van der Waals surface area contributed by atoms with Gasteiger partial charge in [-0.1, -0.05) is 25.1 Å². The van der Waals surface area contributed by atoms with Gasteiger partial charge < -0.3 is 9.47 Å². The maximum Gasteiger partial charge on any atom is 0.213 e. The van der Waals surface area contributed by atoms with Gasteiger partial charge in [-0.05, 0) is 74.5 Å². The van der Waals surface area contributed by atoms with E-state index < -0.39 is 0 Å². The van der Waals surface area contributed by atoms with Gasteiger partial charge in [-0.15, -0.1) is 24.8 Å². The van der Waals surface area contributed by atoms with Crippen molar-refractivity contribution in [2.45, 2.75) is 33.7 Å². The lowest BCUT2D eigenvalue weighted by Gasteiger charge is -2.24. The first-order valence-corrected chi connectivity index (χ1v) is 11.6. The molecule has 0 spiro atoms. The van der Waals surface area contributed by atoms with Crippen molar-refractivity contribution >= 4 is 52.4 Å². The molecule has 0 fully saturated rings. The Morgan fingerprint density at radius 3 is 2.46 bits per heavy atom. The second kappa shape index (κ2) is 12.8. The van der Waals surface area contributed by atoms with Crippen LogP contribution in [-0.2, 0) is 4.74 Å². The van der Waals surface area contributed by atoms with Crippen LogP contribution in [0.25, 0.3) is 32.9 Å². The summed E-state index contributed by atoms with van der Waals surface area (Å²) in [6, 6.07) is 18.9. The van der Waals surface area contributed by atoms with E-state index in [1.807, 2.05) is 31.2 Å². The van der Waals surface area contributed by atoms with Gasteiger partial charge in [0, 0.05) is 29.1 Å². The molecule has 0 radical (unpaired) electrons. The number of hydrogen-bond donors (Lipinski definition) is 2. The summed E-state index contributed by atoms with van der Waals surface area (Å²) < 4.78 is 11.4. The fourth-order valence-corrected chi connectivity index (χ4v) is 4.13. The lowest BCUT2D eigenvalue weighted by molar-refractivity contribution is 0.183. The van der Waals surface area contributed by atoms with Crippen LogP contribution in [0.1, 0.15) is 33.3 Å². The average Bonchev–Trinajstić information content (AvgIpc) is 3.24. The summed E-state index contributed by atoms with van der Waals surface area (Å²) in [4.78, 5) is 2.39. The van der Waals surface area contributed by atoms with Gasteiger partial charge in [0.25, 0.3) is 0 Å². The van der Waals surface area contributed by atoms with E-state index in [1.54, 1.807) is 0 Å². The molecule has 0 aliphatic rings. The van der Waals surface area contributed by atoms with Crippen LogP contribution in [0.2, 0.25) is 0 Å². The number of H-pyrrole nitrogens is 1. The lowest BCUT2D eigenvalue weighted by atomic mass is 10.0. The molecule has 8 heteroatoms. The Morgan fingerprint density at radius 1 is 1.00 bits per heavy atom. The Labute approximate surface area is 219 Å². The summed E-state index contributed by atoms with van der Waals surface area (Å²) in [6.45, 7) is 11.6. The number of nitrogens with zero attached hydrogens (tertiary/aromatic N) is 2. The van der Waals surface area contributed by atoms with Gasteiger partial charge in [0.15, 0.2) is 0 Å². The van der Waals surface area contributed by atoms with E-state index in [0.29, 0.717) is 19.3 Å². The second-order valence-electron chi connectivity index (χ2n) is 8.39. The van der Waals surface area contributed by atoms with E-state index >= 15 is 0 Å². The minimum atomic E-state index is 0. The van der Waals surface area contributed by atoms with Crippen LogP contribution in [0, 0.1) is 5.41 Å². The summed E-state index contributed by atoms with van der Waals surface area (Å²) in [5.74, 6) is 1.06. The molecule has 0 aliphatic carbocycles. The molecule has 0 unspecified atom stereocenters. The van der Waals surface area contributed by atoms with Crippen LogP contribution < -0.4 is 4.74 Å². The van der Waals surface area contributed by atoms with E-state index in [4.69, 9.17) is 14.9 Å². The molecule has 0 atom stereocenters.